The standard InChI is InChI=1S/C16H25NO3S/c1-11(2)7-8-21(18,19)15-9-12-5-6-13(20-4)10-14(12)16(15)17-3/h5-6,10-11,15-17H,7-9H2,1-4H3. The van der Waals surface area contributed by atoms with Gasteiger partial charge in [-0.1, -0.05) is 19.9 Å². The molecule has 1 aliphatic rings. The molecular formula is C16H25NO3S. The number of benzene rings is 1. The quantitative estimate of drug-likeness (QED) is 0.876. The van der Waals surface area contributed by atoms with Gasteiger partial charge < -0.3 is 10.1 Å². The van der Waals surface area contributed by atoms with Crippen LogP contribution in [0.3, 0.4) is 0 Å². The molecule has 4 nitrogen and oxygen atoms in total. The summed E-state index contributed by atoms with van der Waals surface area (Å²) in [6.45, 7) is 4.11. The predicted octanol–water partition coefficient (Wildman–Crippen LogP) is 2.34. The first-order valence-corrected chi connectivity index (χ1v) is 9.16. The number of fused-ring (bicyclic) bond motifs is 1. The molecule has 1 aliphatic carbocycles. The smallest absolute Gasteiger partial charge is 0.155 e. The van der Waals surface area contributed by atoms with Crippen LogP contribution in [0.1, 0.15) is 37.4 Å². The molecule has 21 heavy (non-hydrogen) atoms. The monoisotopic (exact) mass is 311 g/mol. The van der Waals surface area contributed by atoms with E-state index in [-0.39, 0.29) is 17.0 Å². The van der Waals surface area contributed by atoms with Crippen LogP contribution in [0.4, 0.5) is 0 Å². The SMILES string of the molecule is CNC1c2cc(OC)ccc2CC1S(=O)(=O)CCC(C)C. The van der Waals surface area contributed by atoms with Gasteiger partial charge in [-0.25, -0.2) is 8.42 Å². The second-order valence-corrected chi connectivity index (χ2v) is 8.46. The largest absolute Gasteiger partial charge is 0.497 e. The van der Waals surface area contributed by atoms with E-state index in [1.165, 1.54) is 0 Å². The van der Waals surface area contributed by atoms with Gasteiger partial charge in [0.1, 0.15) is 5.75 Å². The van der Waals surface area contributed by atoms with Crippen molar-refractivity contribution in [3.8, 4) is 5.75 Å². The Morgan fingerprint density at radius 1 is 1.38 bits per heavy atom. The van der Waals surface area contributed by atoms with Crippen LogP contribution in [0.15, 0.2) is 18.2 Å². The van der Waals surface area contributed by atoms with Gasteiger partial charge in [0.15, 0.2) is 9.84 Å². The maximum atomic E-state index is 12.7. The van der Waals surface area contributed by atoms with E-state index in [9.17, 15) is 8.42 Å². The highest BCUT2D eigenvalue weighted by atomic mass is 32.2. The Hall–Kier alpha value is -1.07. The lowest BCUT2D eigenvalue weighted by Gasteiger charge is -2.21. The molecule has 0 aromatic heterocycles. The molecule has 2 rings (SSSR count). The predicted molar refractivity (Wildman–Crippen MR) is 85.5 cm³/mol. The molecule has 0 saturated carbocycles. The van der Waals surface area contributed by atoms with E-state index < -0.39 is 9.84 Å². The number of hydrogen-bond donors (Lipinski definition) is 1. The van der Waals surface area contributed by atoms with Gasteiger partial charge in [0, 0.05) is 6.04 Å². The summed E-state index contributed by atoms with van der Waals surface area (Å²) in [5, 5.41) is 2.81. The average Bonchev–Trinajstić information content (AvgIpc) is 2.83. The van der Waals surface area contributed by atoms with Crippen LogP contribution in [-0.4, -0.2) is 33.6 Å². The van der Waals surface area contributed by atoms with Crippen molar-refractivity contribution in [3.63, 3.8) is 0 Å². The lowest BCUT2D eigenvalue weighted by atomic mass is 10.1. The Balaban J connectivity index is 2.27. The van der Waals surface area contributed by atoms with Crippen LogP contribution >= 0.6 is 0 Å². The number of ether oxygens (including phenoxy) is 1. The van der Waals surface area contributed by atoms with E-state index in [1.54, 1.807) is 7.11 Å². The van der Waals surface area contributed by atoms with Crippen LogP contribution in [0.25, 0.3) is 0 Å². The Labute approximate surface area is 127 Å². The molecule has 1 N–H and O–H groups in total. The third-order valence-electron chi connectivity index (χ3n) is 4.23. The second-order valence-electron chi connectivity index (χ2n) is 6.12. The van der Waals surface area contributed by atoms with E-state index >= 15 is 0 Å². The molecule has 2 unspecified atom stereocenters. The maximum absolute atomic E-state index is 12.7. The third kappa shape index (κ3) is 3.40. The number of sulfone groups is 1. The molecule has 0 heterocycles. The van der Waals surface area contributed by atoms with Gasteiger partial charge in [-0.15, -0.1) is 0 Å². The topological polar surface area (TPSA) is 55.4 Å². The van der Waals surface area contributed by atoms with E-state index in [0.717, 1.165) is 23.3 Å². The second kappa shape index (κ2) is 6.36. The summed E-state index contributed by atoms with van der Waals surface area (Å²) < 4.78 is 30.6. The molecule has 5 heteroatoms. The van der Waals surface area contributed by atoms with Crippen LogP contribution in [0, 0.1) is 5.92 Å². The van der Waals surface area contributed by atoms with Gasteiger partial charge >= 0.3 is 0 Å². The summed E-state index contributed by atoms with van der Waals surface area (Å²) in [4.78, 5) is 0. The molecular weight excluding hydrogens is 286 g/mol. The molecule has 0 radical (unpaired) electrons. The summed E-state index contributed by atoms with van der Waals surface area (Å²) in [5.74, 6) is 1.43. The molecule has 0 spiro atoms. The normalized spacial score (nSPS) is 21.6. The molecule has 1 aromatic carbocycles. The Kier molecular flexibility index (Phi) is 4.94. The lowest BCUT2D eigenvalue weighted by molar-refractivity contribution is 0.413. The van der Waals surface area contributed by atoms with Crippen molar-refractivity contribution in [3.05, 3.63) is 29.3 Å². The minimum absolute atomic E-state index is 0.146. The molecule has 0 saturated heterocycles. The fourth-order valence-electron chi connectivity index (χ4n) is 2.94. The number of methoxy groups -OCH3 is 1. The summed E-state index contributed by atoms with van der Waals surface area (Å²) in [6.07, 6.45) is 1.31. The molecule has 2 atom stereocenters. The lowest BCUT2D eigenvalue weighted by Crippen LogP contribution is -2.34. The zero-order valence-corrected chi connectivity index (χ0v) is 14.0. The van der Waals surface area contributed by atoms with Crippen molar-refractivity contribution in [1.29, 1.82) is 0 Å². The minimum Gasteiger partial charge on any atom is -0.497 e. The van der Waals surface area contributed by atoms with Gasteiger partial charge in [0.05, 0.1) is 18.1 Å². The summed E-state index contributed by atoms with van der Waals surface area (Å²) in [6, 6.07) is 5.69. The Morgan fingerprint density at radius 2 is 2.10 bits per heavy atom. The number of hydrogen-bond acceptors (Lipinski definition) is 4. The van der Waals surface area contributed by atoms with Crippen molar-refractivity contribution >= 4 is 9.84 Å². The molecule has 118 valence electrons. The number of nitrogens with one attached hydrogen (secondary N) is 1. The van der Waals surface area contributed by atoms with Gasteiger partial charge in [0.2, 0.25) is 0 Å². The van der Waals surface area contributed by atoms with E-state index in [2.05, 4.69) is 19.2 Å². The Bertz CT molecular complexity index is 596. The van der Waals surface area contributed by atoms with Gasteiger partial charge in [-0.3, -0.25) is 0 Å². The number of rotatable bonds is 6. The van der Waals surface area contributed by atoms with Crippen molar-refractivity contribution in [2.75, 3.05) is 19.9 Å². The highest BCUT2D eigenvalue weighted by molar-refractivity contribution is 7.92. The van der Waals surface area contributed by atoms with E-state index in [4.69, 9.17) is 4.74 Å². The average molecular weight is 311 g/mol. The zero-order valence-electron chi connectivity index (χ0n) is 13.2. The van der Waals surface area contributed by atoms with Crippen molar-refractivity contribution in [2.45, 2.75) is 38.0 Å². The summed E-state index contributed by atoms with van der Waals surface area (Å²) in [7, 11) is 0.344. The van der Waals surface area contributed by atoms with Gasteiger partial charge in [0.25, 0.3) is 0 Å². The molecule has 0 bridgehead atoms. The first kappa shape index (κ1) is 16.3. The first-order valence-electron chi connectivity index (χ1n) is 7.44. The molecule has 0 amide bonds. The van der Waals surface area contributed by atoms with E-state index in [0.29, 0.717) is 12.3 Å². The zero-order chi connectivity index (χ0) is 15.6. The minimum atomic E-state index is -3.11. The van der Waals surface area contributed by atoms with Gasteiger partial charge in [-0.05, 0) is 49.1 Å². The van der Waals surface area contributed by atoms with Crippen molar-refractivity contribution in [1.82, 2.24) is 5.32 Å². The fraction of sp³-hybridized carbons (Fsp3) is 0.625. The summed E-state index contributed by atoms with van der Waals surface area (Å²) >= 11 is 0. The van der Waals surface area contributed by atoms with Crippen LogP contribution < -0.4 is 10.1 Å². The Morgan fingerprint density at radius 3 is 2.67 bits per heavy atom. The van der Waals surface area contributed by atoms with E-state index in [1.807, 2.05) is 25.2 Å². The summed E-state index contributed by atoms with van der Waals surface area (Å²) in [5.41, 5.74) is 2.16. The highest BCUT2D eigenvalue weighted by Gasteiger charge is 2.40. The van der Waals surface area contributed by atoms with Crippen molar-refractivity contribution < 1.29 is 13.2 Å². The van der Waals surface area contributed by atoms with Gasteiger partial charge in [-0.2, -0.15) is 0 Å². The van der Waals surface area contributed by atoms with Crippen LogP contribution in [0.2, 0.25) is 0 Å². The molecule has 0 fully saturated rings. The van der Waals surface area contributed by atoms with Crippen LogP contribution in [-0.2, 0) is 16.3 Å². The van der Waals surface area contributed by atoms with Crippen LogP contribution in [0.5, 0.6) is 5.75 Å². The maximum Gasteiger partial charge on any atom is 0.155 e. The van der Waals surface area contributed by atoms with Crippen molar-refractivity contribution in [2.24, 2.45) is 5.92 Å². The first-order chi connectivity index (χ1) is 9.89. The third-order valence-corrected chi connectivity index (χ3v) is 6.40. The molecule has 0 aliphatic heterocycles. The molecule has 1 aromatic rings. The fourth-order valence-corrected chi connectivity index (χ4v) is 5.17. The highest BCUT2D eigenvalue weighted by Crippen LogP contribution is 2.37.